The molecule has 3 heterocycles. The van der Waals surface area contributed by atoms with E-state index < -0.39 is 6.17 Å². The summed E-state index contributed by atoms with van der Waals surface area (Å²) in [5.41, 5.74) is 7.74. The first-order valence-corrected chi connectivity index (χ1v) is 11.3. The van der Waals surface area contributed by atoms with Gasteiger partial charge in [-0.2, -0.15) is 0 Å². The highest BCUT2D eigenvalue weighted by atomic mass is 16.4. The normalized spacial score (nSPS) is 16.1. The number of nitrogens with one attached hydrogen (secondary N) is 3. The lowest BCUT2D eigenvalue weighted by Crippen LogP contribution is -2.51. The average Bonchev–Trinajstić information content (AvgIpc) is 3.49. The molecule has 0 spiro atoms. The van der Waals surface area contributed by atoms with Crippen LogP contribution in [-0.2, 0) is 0 Å². The second-order valence-electron chi connectivity index (χ2n) is 8.59. The van der Waals surface area contributed by atoms with Crippen molar-refractivity contribution in [2.75, 3.05) is 5.32 Å². The van der Waals surface area contributed by atoms with Crippen molar-refractivity contribution in [3.05, 3.63) is 107 Å². The molecule has 2 aliphatic heterocycles. The van der Waals surface area contributed by atoms with Gasteiger partial charge in [-0.05, 0) is 24.6 Å². The third kappa shape index (κ3) is 3.28. The number of benzene rings is 3. The monoisotopic (exact) mass is 462 g/mol. The van der Waals surface area contributed by atoms with Crippen LogP contribution in [0.4, 0.5) is 5.88 Å². The molecule has 0 radical (unpaired) electrons. The number of hydrazine groups is 1. The van der Waals surface area contributed by atoms with Crippen molar-refractivity contribution in [3.8, 4) is 28.2 Å². The smallest absolute Gasteiger partial charge is 0.207 e. The first-order chi connectivity index (χ1) is 17.0. The van der Waals surface area contributed by atoms with E-state index in [1.807, 2.05) is 67.6 Å². The summed E-state index contributed by atoms with van der Waals surface area (Å²) in [6.45, 7) is 1.86. The number of amidine groups is 1. The van der Waals surface area contributed by atoms with Crippen LogP contribution in [0.3, 0.4) is 0 Å². The molecule has 35 heavy (non-hydrogen) atoms. The third-order valence-electron chi connectivity index (χ3n) is 6.32. The molecule has 7 heteroatoms. The molecule has 4 N–H and O–H groups in total. The Morgan fingerprint density at radius 3 is 2.37 bits per heavy atom. The lowest BCUT2D eigenvalue weighted by Gasteiger charge is -2.33. The maximum absolute atomic E-state index is 13.4. The predicted octanol–water partition coefficient (Wildman–Crippen LogP) is 5.29. The van der Waals surface area contributed by atoms with Crippen LogP contribution in [0.2, 0.25) is 0 Å². The summed E-state index contributed by atoms with van der Waals surface area (Å²) in [4.78, 5) is 13.4. The van der Waals surface area contributed by atoms with Crippen LogP contribution >= 0.6 is 0 Å². The number of hydrogen-bond donors (Lipinski definition) is 4. The van der Waals surface area contributed by atoms with E-state index in [4.69, 9.17) is 9.83 Å². The van der Waals surface area contributed by atoms with E-state index in [9.17, 15) is 9.90 Å². The Labute approximate surface area is 201 Å². The molecule has 1 atom stereocenters. The number of nitrogens with zero attached hydrogens (tertiary/aromatic N) is 1. The standard InChI is InChI=1S/C28H22N4O3/c1-16-12-13-21(33)19(14-16)24(34)20-15-30-32-26(29)23-22(17-8-4-2-5-9-17)25(18-10-6-3-7-11-18)35-28(23)31-27(20)32/h2-15,27,29-31,33H,1H3/t27-/m1/s1. The zero-order valence-corrected chi connectivity index (χ0v) is 18.9. The van der Waals surface area contributed by atoms with Gasteiger partial charge in [0.05, 0.1) is 16.7 Å². The molecule has 7 nitrogen and oxygen atoms in total. The van der Waals surface area contributed by atoms with Crippen LogP contribution in [0, 0.1) is 12.3 Å². The van der Waals surface area contributed by atoms with E-state index in [0.29, 0.717) is 22.8 Å². The molecular formula is C28H22N4O3. The Balaban J connectivity index is 1.45. The van der Waals surface area contributed by atoms with E-state index in [-0.39, 0.29) is 22.9 Å². The zero-order chi connectivity index (χ0) is 24.1. The number of ketones is 1. The summed E-state index contributed by atoms with van der Waals surface area (Å²) >= 11 is 0. The van der Waals surface area contributed by atoms with Crippen molar-refractivity contribution in [1.29, 1.82) is 5.41 Å². The third-order valence-corrected chi connectivity index (χ3v) is 6.32. The number of carbonyl (C=O) groups excluding carboxylic acids is 1. The lowest BCUT2D eigenvalue weighted by molar-refractivity contribution is 0.102. The first kappa shape index (κ1) is 20.8. The Morgan fingerprint density at radius 1 is 0.971 bits per heavy atom. The quantitative estimate of drug-likeness (QED) is 0.307. The molecule has 0 fully saturated rings. The maximum Gasteiger partial charge on any atom is 0.207 e. The van der Waals surface area contributed by atoms with Gasteiger partial charge in [-0.25, -0.2) is 5.01 Å². The van der Waals surface area contributed by atoms with Crippen molar-refractivity contribution in [3.63, 3.8) is 0 Å². The molecule has 0 saturated heterocycles. The molecular weight excluding hydrogens is 440 g/mol. The molecule has 172 valence electrons. The Bertz CT molecular complexity index is 1510. The van der Waals surface area contributed by atoms with Gasteiger partial charge in [0, 0.05) is 17.3 Å². The van der Waals surface area contributed by atoms with Gasteiger partial charge in [0.15, 0.2) is 17.8 Å². The zero-order valence-electron chi connectivity index (χ0n) is 18.9. The fraction of sp³-hybridized carbons (Fsp3) is 0.0714. The molecule has 4 aromatic rings. The number of phenols is 1. The second-order valence-corrected chi connectivity index (χ2v) is 8.59. The predicted molar refractivity (Wildman–Crippen MR) is 134 cm³/mol. The number of Topliss-reactive ketones (excluding diaryl/α,β-unsaturated/α-hetero) is 1. The van der Waals surface area contributed by atoms with Gasteiger partial charge in [-0.1, -0.05) is 72.3 Å². The van der Waals surface area contributed by atoms with Crippen LogP contribution in [-0.4, -0.2) is 27.9 Å². The summed E-state index contributed by atoms with van der Waals surface area (Å²) in [5.74, 6) is 0.842. The molecule has 6 rings (SSSR count). The molecule has 3 aromatic carbocycles. The highest BCUT2D eigenvalue weighted by Crippen LogP contribution is 2.45. The van der Waals surface area contributed by atoms with Crippen molar-refractivity contribution in [2.45, 2.75) is 13.1 Å². The van der Waals surface area contributed by atoms with Gasteiger partial charge in [0.2, 0.25) is 5.88 Å². The Hall–Kier alpha value is -4.78. The number of fused-ring (bicyclic) bond motifs is 2. The first-order valence-electron chi connectivity index (χ1n) is 11.3. The topological polar surface area (TPSA) is 102 Å². The number of furan rings is 1. The minimum absolute atomic E-state index is 0.0812. The van der Waals surface area contributed by atoms with Crippen LogP contribution in [0.1, 0.15) is 21.5 Å². The van der Waals surface area contributed by atoms with E-state index in [0.717, 1.165) is 22.3 Å². The maximum atomic E-state index is 13.4. The molecule has 0 amide bonds. The van der Waals surface area contributed by atoms with Crippen LogP contribution in [0.15, 0.2) is 95.1 Å². The van der Waals surface area contributed by atoms with Crippen molar-refractivity contribution >= 4 is 17.5 Å². The molecule has 1 aromatic heterocycles. The summed E-state index contributed by atoms with van der Waals surface area (Å²) in [6.07, 6.45) is 0.906. The van der Waals surface area contributed by atoms with Gasteiger partial charge in [0.25, 0.3) is 0 Å². The minimum Gasteiger partial charge on any atom is -0.507 e. The van der Waals surface area contributed by atoms with Crippen LogP contribution < -0.4 is 10.7 Å². The Morgan fingerprint density at radius 2 is 1.66 bits per heavy atom. The van der Waals surface area contributed by atoms with Crippen molar-refractivity contribution < 1.29 is 14.3 Å². The lowest BCUT2D eigenvalue weighted by atomic mass is 9.95. The average molecular weight is 463 g/mol. The van der Waals surface area contributed by atoms with Gasteiger partial charge in [0.1, 0.15) is 11.5 Å². The molecule has 0 aliphatic carbocycles. The summed E-state index contributed by atoms with van der Waals surface area (Å²) < 4.78 is 6.34. The van der Waals surface area contributed by atoms with Crippen molar-refractivity contribution in [1.82, 2.24) is 10.4 Å². The largest absolute Gasteiger partial charge is 0.507 e. The van der Waals surface area contributed by atoms with Gasteiger partial charge < -0.3 is 20.3 Å². The highest BCUT2D eigenvalue weighted by Gasteiger charge is 2.43. The fourth-order valence-corrected chi connectivity index (χ4v) is 4.62. The summed E-state index contributed by atoms with van der Waals surface area (Å²) in [6, 6.07) is 24.5. The fourth-order valence-electron chi connectivity index (χ4n) is 4.62. The molecule has 0 unspecified atom stereocenters. The highest BCUT2D eigenvalue weighted by molar-refractivity contribution is 6.15. The number of rotatable bonds is 4. The molecule has 2 aliphatic rings. The van der Waals surface area contributed by atoms with Gasteiger partial charge in [-0.15, -0.1) is 0 Å². The number of hydrogen-bond acceptors (Lipinski definition) is 6. The van der Waals surface area contributed by atoms with Crippen LogP contribution in [0.5, 0.6) is 5.75 Å². The second kappa shape index (κ2) is 7.92. The number of carbonyl (C=O) groups is 1. The van der Waals surface area contributed by atoms with Gasteiger partial charge in [-0.3, -0.25) is 10.2 Å². The Kier molecular flexibility index (Phi) is 4.70. The van der Waals surface area contributed by atoms with E-state index in [2.05, 4.69) is 10.7 Å². The van der Waals surface area contributed by atoms with E-state index in [1.54, 1.807) is 23.3 Å². The summed E-state index contributed by atoms with van der Waals surface area (Å²) in [5, 5.41) is 24.3. The number of aryl methyl sites for hydroxylation is 1. The number of anilines is 1. The number of aromatic hydroxyl groups is 1. The minimum atomic E-state index is -0.666. The molecule has 0 saturated carbocycles. The van der Waals surface area contributed by atoms with Crippen molar-refractivity contribution in [2.24, 2.45) is 0 Å². The SMILES string of the molecule is Cc1ccc(O)c(C(=O)C2=CNN3C(=N)c4c(oc(-c5ccccc5)c4-c4ccccc4)N[C@@H]23)c1. The summed E-state index contributed by atoms with van der Waals surface area (Å²) in [7, 11) is 0. The number of phenolic OH excluding ortho intramolecular Hbond substituents is 1. The van der Waals surface area contributed by atoms with E-state index >= 15 is 0 Å². The van der Waals surface area contributed by atoms with E-state index in [1.165, 1.54) is 6.07 Å². The van der Waals surface area contributed by atoms with Crippen LogP contribution in [0.25, 0.3) is 22.5 Å². The molecule has 0 bridgehead atoms. The van der Waals surface area contributed by atoms with Gasteiger partial charge >= 0.3 is 0 Å².